The summed E-state index contributed by atoms with van der Waals surface area (Å²) in [5, 5.41) is 0. The molecule has 2 rings (SSSR count). The lowest BCUT2D eigenvalue weighted by molar-refractivity contribution is 0.111. The third kappa shape index (κ3) is 3.12. The van der Waals surface area contributed by atoms with Crippen molar-refractivity contribution in [1.82, 2.24) is 0 Å². The van der Waals surface area contributed by atoms with Crippen LogP contribution in [-0.2, 0) is 6.61 Å². The van der Waals surface area contributed by atoms with Gasteiger partial charge in [0, 0.05) is 6.07 Å². The van der Waals surface area contributed by atoms with Crippen molar-refractivity contribution < 1.29 is 23.0 Å². The molecule has 0 fully saturated rings. The Morgan fingerprint density at radius 1 is 1.10 bits per heavy atom. The first-order valence-corrected chi connectivity index (χ1v) is 5.84. The van der Waals surface area contributed by atoms with E-state index >= 15 is 0 Å². The number of carbonyl (C=O) groups is 1. The van der Waals surface area contributed by atoms with Gasteiger partial charge in [-0.3, -0.25) is 4.79 Å². The van der Waals surface area contributed by atoms with Gasteiger partial charge in [0.1, 0.15) is 18.1 Å². The first-order chi connectivity index (χ1) is 9.63. The van der Waals surface area contributed by atoms with Gasteiger partial charge in [0.15, 0.2) is 17.9 Å². The summed E-state index contributed by atoms with van der Waals surface area (Å²) < 4.78 is 36.5. The van der Waals surface area contributed by atoms with Crippen LogP contribution in [0.25, 0.3) is 0 Å². The lowest BCUT2D eigenvalue weighted by Crippen LogP contribution is -2.00. The number of methoxy groups -OCH3 is 1. The van der Waals surface area contributed by atoms with Crippen molar-refractivity contribution in [2.75, 3.05) is 7.11 Å². The van der Waals surface area contributed by atoms with Gasteiger partial charge in [-0.25, -0.2) is 8.78 Å². The SMILES string of the molecule is COc1ccc(COc2cc(F)c(F)cc2C=O)cc1. The Labute approximate surface area is 114 Å². The number of aldehydes is 1. The fraction of sp³-hybridized carbons (Fsp3) is 0.133. The zero-order chi connectivity index (χ0) is 14.5. The predicted molar refractivity (Wildman–Crippen MR) is 69.1 cm³/mol. The number of benzene rings is 2. The lowest BCUT2D eigenvalue weighted by atomic mass is 10.2. The van der Waals surface area contributed by atoms with Crippen molar-refractivity contribution in [3.8, 4) is 11.5 Å². The average Bonchev–Trinajstić information content (AvgIpc) is 2.48. The summed E-state index contributed by atoms with van der Waals surface area (Å²) >= 11 is 0. The van der Waals surface area contributed by atoms with Gasteiger partial charge < -0.3 is 9.47 Å². The maximum absolute atomic E-state index is 13.1. The molecule has 5 heteroatoms. The van der Waals surface area contributed by atoms with E-state index in [9.17, 15) is 13.6 Å². The van der Waals surface area contributed by atoms with Gasteiger partial charge in [0.05, 0.1) is 12.7 Å². The third-order valence-corrected chi connectivity index (χ3v) is 2.73. The van der Waals surface area contributed by atoms with Gasteiger partial charge in [-0.1, -0.05) is 12.1 Å². The van der Waals surface area contributed by atoms with Crippen LogP contribution in [0.4, 0.5) is 8.78 Å². The Kier molecular flexibility index (Phi) is 4.30. The molecule has 0 N–H and O–H groups in total. The molecule has 0 heterocycles. The maximum Gasteiger partial charge on any atom is 0.162 e. The van der Waals surface area contributed by atoms with E-state index in [0.717, 1.165) is 17.7 Å². The van der Waals surface area contributed by atoms with Crippen molar-refractivity contribution in [3.05, 3.63) is 59.2 Å². The summed E-state index contributed by atoms with van der Waals surface area (Å²) in [5.41, 5.74) is 0.782. The van der Waals surface area contributed by atoms with E-state index in [-0.39, 0.29) is 17.9 Å². The smallest absolute Gasteiger partial charge is 0.162 e. The molecule has 0 atom stereocenters. The van der Waals surface area contributed by atoms with Crippen LogP contribution in [-0.4, -0.2) is 13.4 Å². The summed E-state index contributed by atoms with van der Waals surface area (Å²) in [7, 11) is 1.56. The van der Waals surface area contributed by atoms with E-state index in [1.54, 1.807) is 31.4 Å². The second-order valence-electron chi connectivity index (χ2n) is 4.06. The minimum atomic E-state index is -1.08. The Balaban J connectivity index is 2.13. The molecule has 2 aromatic carbocycles. The van der Waals surface area contributed by atoms with Crippen molar-refractivity contribution in [2.24, 2.45) is 0 Å². The second kappa shape index (κ2) is 6.14. The van der Waals surface area contributed by atoms with Crippen LogP contribution in [0, 0.1) is 11.6 Å². The molecule has 0 aliphatic heterocycles. The maximum atomic E-state index is 13.1. The summed E-state index contributed by atoms with van der Waals surface area (Å²) in [6.07, 6.45) is 0.422. The van der Waals surface area contributed by atoms with Crippen LogP contribution < -0.4 is 9.47 Å². The number of ether oxygens (including phenoxy) is 2. The van der Waals surface area contributed by atoms with Gasteiger partial charge >= 0.3 is 0 Å². The average molecular weight is 278 g/mol. The van der Waals surface area contributed by atoms with Crippen molar-refractivity contribution in [3.63, 3.8) is 0 Å². The van der Waals surface area contributed by atoms with Crippen LogP contribution in [0.15, 0.2) is 36.4 Å². The van der Waals surface area contributed by atoms with Gasteiger partial charge in [-0.15, -0.1) is 0 Å². The molecule has 0 bridgehead atoms. The fourth-order valence-electron chi connectivity index (χ4n) is 1.64. The highest BCUT2D eigenvalue weighted by Crippen LogP contribution is 2.22. The molecule has 0 aliphatic carbocycles. The van der Waals surface area contributed by atoms with Crippen LogP contribution in [0.5, 0.6) is 11.5 Å². The highest BCUT2D eigenvalue weighted by molar-refractivity contribution is 5.79. The first kappa shape index (κ1) is 14.0. The van der Waals surface area contributed by atoms with E-state index in [0.29, 0.717) is 12.0 Å². The molecule has 3 nitrogen and oxygen atoms in total. The van der Waals surface area contributed by atoms with Gasteiger partial charge in [0.25, 0.3) is 0 Å². The van der Waals surface area contributed by atoms with Gasteiger partial charge in [-0.05, 0) is 23.8 Å². The zero-order valence-corrected chi connectivity index (χ0v) is 10.7. The lowest BCUT2D eigenvalue weighted by Gasteiger charge is -2.09. The molecular weight excluding hydrogens is 266 g/mol. The van der Waals surface area contributed by atoms with Crippen LogP contribution in [0.1, 0.15) is 15.9 Å². The number of carbonyl (C=O) groups excluding carboxylic acids is 1. The Morgan fingerprint density at radius 3 is 2.35 bits per heavy atom. The number of rotatable bonds is 5. The summed E-state index contributed by atoms with van der Waals surface area (Å²) in [5.74, 6) is -1.42. The van der Waals surface area contributed by atoms with Crippen molar-refractivity contribution in [1.29, 1.82) is 0 Å². The summed E-state index contributed by atoms with van der Waals surface area (Å²) in [6, 6.07) is 8.74. The number of hydrogen-bond donors (Lipinski definition) is 0. The molecule has 0 aliphatic rings. The topological polar surface area (TPSA) is 35.5 Å². The standard InChI is InChI=1S/C15H12F2O3/c1-19-12-4-2-10(3-5-12)9-20-15-7-14(17)13(16)6-11(15)8-18/h2-8H,9H2,1H3. The molecule has 0 radical (unpaired) electrons. The Morgan fingerprint density at radius 2 is 1.75 bits per heavy atom. The first-order valence-electron chi connectivity index (χ1n) is 5.84. The van der Waals surface area contributed by atoms with Crippen molar-refractivity contribution >= 4 is 6.29 Å². The molecule has 20 heavy (non-hydrogen) atoms. The van der Waals surface area contributed by atoms with Crippen LogP contribution >= 0.6 is 0 Å². The molecule has 104 valence electrons. The number of halogens is 2. The van der Waals surface area contributed by atoms with E-state index in [4.69, 9.17) is 9.47 Å². The Bertz CT molecular complexity index is 609. The number of hydrogen-bond acceptors (Lipinski definition) is 3. The second-order valence-corrected chi connectivity index (χ2v) is 4.06. The largest absolute Gasteiger partial charge is 0.497 e. The van der Waals surface area contributed by atoms with E-state index in [1.807, 2.05) is 0 Å². The third-order valence-electron chi connectivity index (χ3n) is 2.73. The molecular formula is C15H12F2O3. The highest BCUT2D eigenvalue weighted by atomic mass is 19.2. The molecule has 0 aromatic heterocycles. The molecule has 2 aromatic rings. The summed E-state index contributed by atoms with van der Waals surface area (Å²) in [4.78, 5) is 10.8. The summed E-state index contributed by atoms with van der Waals surface area (Å²) in [6.45, 7) is 0.135. The van der Waals surface area contributed by atoms with Crippen LogP contribution in [0.2, 0.25) is 0 Å². The zero-order valence-electron chi connectivity index (χ0n) is 10.7. The monoisotopic (exact) mass is 278 g/mol. The van der Waals surface area contributed by atoms with E-state index < -0.39 is 11.6 Å². The minimum Gasteiger partial charge on any atom is -0.497 e. The molecule has 0 saturated carbocycles. The minimum absolute atomic E-state index is 0.00900. The molecule has 0 amide bonds. The normalized spacial score (nSPS) is 10.2. The highest BCUT2D eigenvalue weighted by Gasteiger charge is 2.10. The predicted octanol–water partition coefficient (Wildman–Crippen LogP) is 3.36. The molecule has 0 spiro atoms. The molecule has 0 unspecified atom stereocenters. The van der Waals surface area contributed by atoms with E-state index in [1.165, 1.54) is 0 Å². The van der Waals surface area contributed by atoms with Gasteiger partial charge in [-0.2, -0.15) is 0 Å². The van der Waals surface area contributed by atoms with Crippen LogP contribution in [0.3, 0.4) is 0 Å². The fourth-order valence-corrected chi connectivity index (χ4v) is 1.64. The van der Waals surface area contributed by atoms with Crippen molar-refractivity contribution in [2.45, 2.75) is 6.61 Å². The molecule has 0 saturated heterocycles. The Hall–Kier alpha value is -2.43. The quantitative estimate of drug-likeness (QED) is 0.787. The van der Waals surface area contributed by atoms with E-state index in [2.05, 4.69) is 0 Å². The van der Waals surface area contributed by atoms with Gasteiger partial charge in [0.2, 0.25) is 0 Å².